The van der Waals surface area contributed by atoms with E-state index in [2.05, 4.69) is 65.6 Å². The molecule has 0 aliphatic carbocycles. The third kappa shape index (κ3) is 4.75. The molecule has 0 radical (unpaired) electrons. The normalized spacial score (nSPS) is 14.4. The third-order valence-electron chi connectivity index (χ3n) is 7.42. The molecule has 5 aromatic rings. The zero-order chi connectivity index (χ0) is 26.1. The molecule has 1 aliphatic rings. The highest BCUT2D eigenvalue weighted by atomic mass is 35.5. The quantitative estimate of drug-likeness (QED) is 0.246. The summed E-state index contributed by atoms with van der Waals surface area (Å²) < 4.78 is 7.95. The van der Waals surface area contributed by atoms with Crippen LogP contribution in [0.3, 0.4) is 0 Å². The number of furan rings is 1. The molecular weight excluding hydrogens is 494 g/mol. The third-order valence-corrected chi connectivity index (χ3v) is 7.78. The predicted molar refractivity (Wildman–Crippen MR) is 152 cm³/mol. The Balaban J connectivity index is 1.25. The van der Waals surface area contributed by atoms with E-state index >= 15 is 0 Å². The number of carbonyl (C=O) groups excluding carboxylic acids is 1. The summed E-state index contributed by atoms with van der Waals surface area (Å²) in [6, 6.07) is 33.0. The van der Waals surface area contributed by atoms with Gasteiger partial charge in [-0.3, -0.25) is 9.69 Å². The number of aromatic nitrogens is 1. The van der Waals surface area contributed by atoms with Crippen LogP contribution in [0.25, 0.3) is 11.1 Å². The van der Waals surface area contributed by atoms with Gasteiger partial charge in [0.1, 0.15) is 11.5 Å². The fraction of sp³-hybridized carbons (Fsp3) is 0.219. The molecule has 0 bridgehead atoms. The average Bonchev–Trinajstić information content (AvgIpc) is 3.48. The van der Waals surface area contributed by atoms with E-state index in [0.717, 1.165) is 35.5 Å². The SMILES string of the molecule is Cc1cc2c(cc(C(=O)N3CCN(C(c4ccccc4)c4ccccc4)CC3)n2Cc2ccccc2Cl)o1. The minimum Gasteiger partial charge on any atom is -0.460 e. The molecule has 0 atom stereocenters. The highest BCUT2D eigenvalue weighted by Gasteiger charge is 2.30. The Morgan fingerprint density at radius 1 is 0.842 bits per heavy atom. The first kappa shape index (κ1) is 24.5. The number of rotatable bonds is 6. The number of amides is 1. The molecule has 1 aliphatic heterocycles. The number of hydrogen-bond acceptors (Lipinski definition) is 3. The maximum Gasteiger partial charge on any atom is 0.270 e. The van der Waals surface area contributed by atoms with Crippen molar-refractivity contribution in [3.63, 3.8) is 0 Å². The lowest BCUT2D eigenvalue weighted by molar-refractivity contribution is 0.0588. The van der Waals surface area contributed by atoms with E-state index < -0.39 is 0 Å². The van der Waals surface area contributed by atoms with Gasteiger partial charge in [-0.15, -0.1) is 0 Å². The zero-order valence-corrected chi connectivity index (χ0v) is 22.1. The van der Waals surface area contributed by atoms with Gasteiger partial charge >= 0.3 is 0 Å². The standard InChI is InChI=1S/C32H30ClN3O2/c1-23-20-28-30(38-23)21-29(36(28)22-26-14-8-9-15-27(26)33)32(37)35-18-16-34(17-19-35)31(24-10-4-2-5-11-24)25-12-6-3-7-13-25/h2-15,20-21,31H,16-19,22H2,1H3. The zero-order valence-electron chi connectivity index (χ0n) is 21.4. The fourth-order valence-electron chi connectivity index (χ4n) is 5.54. The Hall–Kier alpha value is -3.80. The van der Waals surface area contributed by atoms with Gasteiger partial charge in [0.25, 0.3) is 5.91 Å². The number of fused-ring (bicyclic) bond motifs is 1. The maximum atomic E-state index is 13.9. The molecule has 3 heterocycles. The molecule has 0 spiro atoms. The summed E-state index contributed by atoms with van der Waals surface area (Å²) in [5.74, 6) is 0.847. The molecule has 0 saturated carbocycles. The summed E-state index contributed by atoms with van der Waals surface area (Å²) >= 11 is 6.49. The monoisotopic (exact) mass is 523 g/mol. The average molecular weight is 524 g/mol. The number of halogens is 1. The van der Waals surface area contributed by atoms with Crippen LogP contribution in [0.2, 0.25) is 5.02 Å². The van der Waals surface area contributed by atoms with Gasteiger partial charge in [0.15, 0.2) is 5.58 Å². The molecule has 6 heteroatoms. The number of aryl methyl sites for hydroxylation is 1. The van der Waals surface area contributed by atoms with Gasteiger partial charge in [0.2, 0.25) is 0 Å². The predicted octanol–water partition coefficient (Wildman–Crippen LogP) is 6.79. The molecule has 3 aromatic carbocycles. The molecule has 2 aromatic heterocycles. The van der Waals surface area contributed by atoms with Crippen LogP contribution >= 0.6 is 11.6 Å². The molecule has 0 N–H and O–H groups in total. The lowest BCUT2D eigenvalue weighted by atomic mass is 9.96. The van der Waals surface area contributed by atoms with Crippen molar-refractivity contribution in [3.8, 4) is 0 Å². The van der Waals surface area contributed by atoms with E-state index in [1.54, 1.807) is 0 Å². The van der Waals surface area contributed by atoms with Crippen molar-refractivity contribution < 1.29 is 9.21 Å². The van der Waals surface area contributed by atoms with E-state index in [1.807, 2.05) is 52.8 Å². The van der Waals surface area contributed by atoms with Gasteiger partial charge in [-0.25, -0.2) is 0 Å². The number of carbonyl (C=O) groups is 1. The van der Waals surface area contributed by atoms with Gasteiger partial charge in [-0.1, -0.05) is 90.5 Å². The molecule has 38 heavy (non-hydrogen) atoms. The second-order valence-corrected chi connectivity index (χ2v) is 10.3. The molecule has 6 rings (SSSR count). The van der Waals surface area contributed by atoms with Crippen LogP contribution in [0.5, 0.6) is 0 Å². The number of nitrogens with zero attached hydrogens (tertiary/aromatic N) is 3. The smallest absolute Gasteiger partial charge is 0.270 e. The van der Waals surface area contributed by atoms with Crippen LogP contribution < -0.4 is 0 Å². The minimum absolute atomic E-state index is 0.0247. The summed E-state index contributed by atoms with van der Waals surface area (Å²) in [4.78, 5) is 18.3. The highest BCUT2D eigenvalue weighted by Crippen LogP contribution is 2.31. The van der Waals surface area contributed by atoms with Crippen molar-refractivity contribution in [2.75, 3.05) is 26.2 Å². The molecule has 1 saturated heterocycles. The Labute approximate surface area is 227 Å². The van der Waals surface area contributed by atoms with Crippen molar-refractivity contribution in [1.82, 2.24) is 14.4 Å². The molecule has 192 valence electrons. The molecule has 1 fully saturated rings. The molecule has 1 amide bonds. The van der Waals surface area contributed by atoms with Gasteiger partial charge in [-0.2, -0.15) is 0 Å². The van der Waals surface area contributed by atoms with Crippen molar-refractivity contribution in [3.05, 3.63) is 130 Å². The Kier molecular flexibility index (Phi) is 6.79. The Morgan fingerprint density at radius 2 is 1.45 bits per heavy atom. The van der Waals surface area contributed by atoms with Gasteiger partial charge in [0, 0.05) is 49.9 Å². The summed E-state index contributed by atoms with van der Waals surface area (Å²) in [5, 5.41) is 0.689. The van der Waals surface area contributed by atoms with Gasteiger partial charge < -0.3 is 13.9 Å². The van der Waals surface area contributed by atoms with Crippen molar-refractivity contribution in [1.29, 1.82) is 0 Å². The van der Waals surface area contributed by atoms with Crippen molar-refractivity contribution in [2.24, 2.45) is 0 Å². The largest absolute Gasteiger partial charge is 0.460 e. The lowest BCUT2D eigenvalue weighted by Crippen LogP contribution is -2.50. The highest BCUT2D eigenvalue weighted by molar-refractivity contribution is 6.31. The fourth-order valence-corrected chi connectivity index (χ4v) is 5.73. The summed E-state index contributed by atoms with van der Waals surface area (Å²) in [5.41, 5.74) is 5.78. The van der Waals surface area contributed by atoms with E-state index in [4.69, 9.17) is 16.0 Å². The van der Waals surface area contributed by atoms with Crippen LogP contribution in [0.4, 0.5) is 0 Å². The lowest BCUT2D eigenvalue weighted by Gasteiger charge is -2.39. The van der Waals surface area contributed by atoms with Gasteiger partial charge in [-0.05, 0) is 29.7 Å². The molecule has 5 nitrogen and oxygen atoms in total. The van der Waals surface area contributed by atoms with E-state index in [-0.39, 0.29) is 11.9 Å². The minimum atomic E-state index is 0.0247. The molecular formula is C32H30ClN3O2. The van der Waals surface area contributed by atoms with Crippen molar-refractivity contribution in [2.45, 2.75) is 19.5 Å². The summed E-state index contributed by atoms with van der Waals surface area (Å²) in [6.07, 6.45) is 0. The number of benzene rings is 3. The summed E-state index contributed by atoms with van der Waals surface area (Å²) in [6.45, 7) is 5.34. The second-order valence-electron chi connectivity index (χ2n) is 9.87. The topological polar surface area (TPSA) is 41.6 Å². The van der Waals surface area contributed by atoms with Crippen LogP contribution in [-0.4, -0.2) is 46.5 Å². The van der Waals surface area contributed by atoms with E-state index in [1.165, 1.54) is 11.1 Å². The first-order valence-electron chi connectivity index (χ1n) is 13.0. The maximum absolute atomic E-state index is 13.9. The van der Waals surface area contributed by atoms with E-state index in [0.29, 0.717) is 30.4 Å². The van der Waals surface area contributed by atoms with Crippen LogP contribution in [0, 0.1) is 6.92 Å². The molecule has 0 unspecified atom stereocenters. The number of piperazine rings is 1. The number of hydrogen-bond donors (Lipinski definition) is 0. The Bertz CT molecular complexity index is 1510. The van der Waals surface area contributed by atoms with Gasteiger partial charge in [0.05, 0.1) is 11.6 Å². The first-order chi connectivity index (χ1) is 18.6. The Morgan fingerprint density at radius 3 is 2.08 bits per heavy atom. The van der Waals surface area contributed by atoms with E-state index in [9.17, 15) is 4.79 Å². The first-order valence-corrected chi connectivity index (χ1v) is 13.4. The van der Waals surface area contributed by atoms with Crippen LogP contribution in [0.15, 0.2) is 101 Å². The van der Waals surface area contributed by atoms with Crippen LogP contribution in [0.1, 0.15) is 39.0 Å². The van der Waals surface area contributed by atoms with Crippen LogP contribution in [-0.2, 0) is 6.54 Å². The summed E-state index contributed by atoms with van der Waals surface area (Å²) in [7, 11) is 0. The van der Waals surface area contributed by atoms with Crippen molar-refractivity contribution >= 4 is 28.6 Å². The second kappa shape index (κ2) is 10.5.